The van der Waals surface area contributed by atoms with Gasteiger partial charge in [0, 0.05) is 26.3 Å². The molecule has 0 bridgehead atoms. The molecule has 0 aliphatic carbocycles. The van der Waals surface area contributed by atoms with Gasteiger partial charge in [0.15, 0.2) is 0 Å². The molecule has 0 saturated carbocycles. The van der Waals surface area contributed by atoms with Crippen LogP contribution in [0.1, 0.15) is 6.92 Å². The molecule has 4 heteroatoms. The number of amides is 1. The average Bonchev–Trinajstić information content (AvgIpc) is 2.27. The Morgan fingerprint density at radius 1 is 1.71 bits per heavy atom. The van der Waals surface area contributed by atoms with E-state index in [1.54, 1.807) is 29.4 Å². The highest BCUT2D eigenvalue weighted by atomic mass is 16.2. The van der Waals surface area contributed by atoms with Gasteiger partial charge in [0.2, 0.25) is 0 Å². The number of hydrogen-bond acceptors (Lipinski definition) is 3. The summed E-state index contributed by atoms with van der Waals surface area (Å²) in [4.78, 5) is 19.0. The van der Waals surface area contributed by atoms with E-state index in [-0.39, 0.29) is 5.91 Å². The summed E-state index contributed by atoms with van der Waals surface area (Å²) in [5.74, 6) is -0.0609. The van der Waals surface area contributed by atoms with E-state index in [9.17, 15) is 4.79 Å². The smallest absolute Gasteiger partial charge is 0.269 e. The zero-order valence-corrected chi connectivity index (χ0v) is 8.60. The quantitative estimate of drug-likeness (QED) is 0.622. The maximum Gasteiger partial charge on any atom is 0.269 e. The second-order valence-corrected chi connectivity index (χ2v) is 3.07. The molecule has 4 nitrogen and oxygen atoms in total. The Morgan fingerprint density at radius 2 is 2.43 bits per heavy atom. The molecule has 76 valence electrons. The van der Waals surface area contributed by atoms with Crippen molar-refractivity contribution in [1.29, 1.82) is 0 Å². The highest BCUT2D eigenvalue weighted by molar-refractivity contribution is 5.94. The third kappa shape index (κ3) is 2.22. The molecule has 0 unspecified atom stereocenters. The lowest BCUT2D eigenvalue weighted by atomic mass is 10.3. The molecular formula is C10H15N3O. The molecule has 0 fully saturated rings. The molecule has 1 rings (SSSR count). The average molecular weight is 193 g/mol. The molecule has 0 atom stereocenters. The number of hydrogen-bond donors (Lipinski definition) is 0. The van der Waals surface area contributed by atoms with Gasteiger partial charge in [0.1, 0.15) is 5.70 Å². The fraction of sp³-hybridized carbons (Fsp3) is 0.400. The third-order valence-corrected chi connectivity index (χ3v) is 2.11. The van der Waals surface area contributed by atoms with Crippen LogP contribution in [-0.2, 0) is 4.79 Å². The summed E-state index contributed by atoms with van der Waals surface area (Å²) in [6, 6.07) is 0. The largest absolute Gasteiger partial charge is 0.341 e. The van der Waals surface area contributed by atoms with Gasteiger partial charge >= 0.3 is 0 Å². The molecule has 0 radical (unpaired) electrons. The number of carbonyl (C=O) groups excluding carboxylic acids is 1. The predicted molar refractivity (Wildman–Crippen MR) is 56.8 cm³/mol. The Balaban J connectivity index is 2.61. The highest BCUT2D eigenvalue weighted by Gasteiger charge is 2.16. The molecule has 0 aromatic rings. The van der Waals surface area contributed by atoms with Gasteiger partial charge in [-0.15, -0.1) is 0 Å². The Labute approximate surface area is 84.2 Å². The monoisotopic (exact) mass is 193 g/mol. The van der Waals surface area contributed by atoms with Crippen molar-refractivity contribution in [3.05, 3.63) is 24.6 Å². The van der Waals surface area contributed by atoms with Crippen LogP contribution in [-0.4, -0.2) is 42.2 Å². The first kappa shape index (κ1) is 10.5. The molecule has 0 aromatic carbocycles. The molecule has 1 aliphatic rings. The van der Waals surface area contributed by atoms with E-state index in [0.717, 1.165) is 0 Å². The van der Waals surface area contributed by atoms with E-state index in [1.165, 1.54) is 0 Å². The van der Waals surface area contributed by atoms with Crippen molar-refractivity contribution in [2.45, 2.75) is 6.92 Å². The van der Waals surface area contributed by atoms with Crippen LogP contribution in [0.4, 0.5) is 0 Å². The second kappa shape index (κ2) is 4.60. The van der Waals surface area contributed by atoms with Crippen LogP contribution in [0.3, 0.4) is 0 Å². The van der Waals surface area contributed by atoms with E-state index in [2.05, 4.69) is 11.6 Å². The van der Waals surface area contributed by atoms with Crippen LogP contribution in [0.25, 0.3) is 0 Å². The molecule has 1 aliphatic heterocycles. The Kier molecular flexibility index (Phi) is 3.45. The lowest BCUT2D eigenvalue weighted by molar-refractivity contribution is -0.126. The number of rotatable bonds is 3. The number of likely N-dealkylation sites (N-methyl/N-ethyl adjacent to an activating group) is 1. The Hall–Kier alpha value is -1.58. The molecule has 14 heavy (non-hydrogen) atoms. The fourth-order valence-electron chi connectivity index (χ4n) is 1.05. The summed E-state index contributed by atoms with van der Waals surface area (Å²) in [6.07, 6.45) is 5.20. The molecule has 0 saturated heterocycles. The highest BCUT2D eigenvalue weighted by Crippen LogP contribution is 2.05. The fourth-order valence-corrected chi connectivity index (χ4v) is 1.05. The van der Waals surface area contributed by atoms with E-state index < -0.39 is 0 Å². The van der Waals surface area contributed by atoms with Crippen LogP contribution in [0.5, 0.6) is 0 Å². The first-order valence-electron chi connectivity index (χ1n) is 4.56. The van der Waals surface area contributed by atoms with Gasteiger partial charge in [0.05, 0.1) is 6.34 Å². The summed E-state index contributed by atoms with van der Waals surface area (Å²) in [5, 5.41) is 0. The summed E-state index contributed by atoms with van der Waals surface area (Å²) in [6.45, 7) is 7.02. The lowest BCUT2D eigenvalue weighted by Gasteiger charge is -2.24. The van der Waals surface area contributed by atoms with Gasteiger partial charge in [-0.1, -0.05) is 6.58 Å². The number of nitrogens with zero attached hydrogens (tertiary/aromatic N) is 3. The third-order valence-electron chi connectivity index (χ3n) is 2.11. The van der Waals surface area contributed by atoms with Crippen molar-refractivity contribution in [1.82, 2.24) is 9.80 Å². The van der Waals surface area contributed by atoms with Crippen molar-refractivity contribution < 1.29 is 4.79 Å². The summed E-state index contributed by atoms with van der Waals surface area (Å²) in [5.41, 5.74) is 0.461. The van der Waals surface area contributed by atoms with Crippen LogP contribution in [0, 0.1) is 0 Å². The summed E-state index contributed by atoms with van der Waals surface area (Å²) in [7, 11) is 1.75. The van der Waals surface area contributed by atoms with Crippen molar-refractivity contribution in [2.75, 3.05) is 20.1 Å². The molecule has 1 heterocycles. The standard InChI is InChI=1S/C10H15N3O/c1-4-12(3)10(14)9(2)13-7-5-6-11-8-13/h5-6,8H,2,4,7H2,1,3H3. The maximum absolute atomic E-state index is 11.7. The van der Waals surface area contributed by atoms with E-state index in [0.29, 0.717) is 18.8 Å². The normalized spacial score (nSPS) is 14.3. The second-order valence-electron chi connectivity index (χ2n) is 3.07. The molecular weight excluding hydrogens is 178 g/mol. The van der Waals surface area contributed by atoms with Gasteiger partial charge in [-0.25, -0.2) is 4.99 Å². The van der Waals surface area contributed by atoms with Gasteiger partial charge in [-0.2, -0.15) is 0 Å². The van der Waals surface area contributed by atoms with Crippen molar-refractivity contribution in [3.63, 3.8) is 0 Å². The van der Waals surface area contributed by atoms with Gasteiger partial charge in [-0.3, -0.25) is 4.79 Å². The molecule has 0 aromatic heterocycles. The van der Waals surface area contributed by atoms with Crippen molar-refractivity contribution in [3.8, 4) is 0 Å². The van der Waals surface area contributed by atoms with E-state index in [1.807, 2.05) is 13.0 Å². The topological polar surface area (TPSA) is 35.9 Å². The van der Waals surface area contributed by atoms with Crippen LogP contribution >= 0.6 is 0 Å². The minimum atomic E-state index is -0.0609. The summed E-state index contributed by atoms with van der Waals surface area (Å²) < 4.78 is 0. The first-order valence-corrected chi connectivity index (χ1v) is 4.56. The van der Waals surface area contributed by atoms with Crippen LogP contribution in [0.2, 0.25) is 0 Å². The molecule has 0 N–H and O–H groups in total. The van der Waals surface area contributed by atoms with Gasteiger partial charge in [-0.05, 0) is 13.0 Å². The summed E-state index contributed by atoms with van der Waals surface area (Å²) >= 11 is 0. The Morgan fingerprint density at radius 3 is 2.93 bits per heavy atom. The van der Waals surface area contributed by atoms with Crippen molar-refractivity contribution in [2.24, 2.45) is 4.99 Å². The van der Waals surface area contributed by atoms with E-state index in [4.69, 9.17) is 0 Å². The number of aliphatic imine (C=N–C) groups is 1. The molecule has 0 spiro atoms. The van der Waals surface area contributed by atoms with Crippen LogP contribution < -0.4 is 0 Å². The minimum absolute atomic E-state index is 0.0609. The molecule has 1 amide bonds. The van der Waals surface area contributed by atoms with Crippen molar-refractivity contribution >= 4 is 12.2 Å². The van der Waals surface area contributed by atoms with Gasteiger partial charge < -0.3 is 9.80 Å². The minimum Gasteiger partial charge on any atom is -0.341 e. The SMILES string of the molecule is C=C(C(=O)N(C)CC)N1C=NC=CC1. The lowest BCUT2D eigenvalue weighted by Crippen LogP contribution is -2.35. The van der Waals surface area contributed by atoms with E-state index >= 15 is 0 Å². The first-order chi connectivity index (χ1) is 6.66. The zero-order chi connectivity index (χ0) is 10.6. The maximum atomic E-state index is 11.7. The predicted octanol–water partition coefficient (Wildman–Crippen LogP) is 0.836. The number of carbonyl (C=O) groups is 1. The van der Waals surface area contributed by atoms with Gasteiger partial charge in [0.25, 0.3) is 5.91 Å². The zero-order valence-electron chi connectivity index (χ0n) is 8.60. The Bertz CT molecular complexity index is 294. The van der Waals surface area contributed by atoms with Crippen LogP contribution in [0.15, 0.2) is 29.5 Å².